The zero-order valence-corrected chi connectivity index (χ0v) is 17.7. The first-order valence-electron chi connectivity index (χ1n) is 10.6. The highest BCUT2D eigenvalue weighted by molar-refractivity contribution is 6.20. The highest BCUT2D eigenvalue weighted by Gasteiger charge is 2.38. The molecule has 164 valence electrons. The van der Waals surface area contributed by atoms with Crippen LogP contribution in [-0.2, 0) is 27.5 Å². The molecule has 0 radical (unpaired) electrons. The van der Waals surface area contributed by atoms with Crippen molar-refractivity contribution in [1.82, 2.24) is 5.06 Å². The van der Waals surface area contributed by atoms with Crippen LogP contribution in [0.25, 0.3) is 0 Å². The van der Waals surface area contributed by atoms with Gasteiger partial charge in [0.1, 0.15) is 6.10 Å². The molecule has 0 aromatic heterocycles. The van der Waals surface area contributed by atoms with Crippen molar-refractivity contribution in [3.63, 3.8) is 0 Å². The summed E-state index contributed by atoms with van der Waals surface area (Å²) in [6, 6.07) is 26.4. The number of carbonyl (C=O) groups excluding carboxylic acids is 2. The van der Waals surface area contributed by atoms with Gasteiger partial charge in [-0.2, -0.15) is 0 Å². The normalized spacial score (nSPS) is 13.9. The molecule has 3 aromatic rings. The fourth-order valence-electron chi connectivity index (χ4n) is 3.44. The number of nitrogens with zero attached hydrogens (tertiary/aromatic N) is 1. The van der Waals surface area contributed by atoms with Crippen LogP contribution in [-0.4, -0.2) is 36.2 Å². The summed E-state index contributed by atoms with van der Waals surface area (Å²) in [5, 5.41) is 0.846. The third-order valence-corrected chi connectivity index (χ3v) is 5.12. The second-order valence-electron chi connectivity index (χ2n) is 7.51. The molecule has 32 heavy (non-hydrogen) atoms. The van der Waals surface area contributed by atoms with Crippen molar-refractivity contribution in [2.75, 3.05) is 13.2 Å². The van der Waals surface area contributed by atoms with Gasteiger partial charge >= 0.3 is 0 Å². The highest BCUT2D eigenvalue weighted by Crippen LogP contribution is 2.24. The van der Waals surface area contributed by atoms with Crippen LogP contribution in [0.5, 0.6) is 0 Å². The molecule has 0 saturated carbocycles. The van der Waals surface area contributed by atoms with Crippen molar-refractivity contribution < 1.29 is 23.9 Å². The molecule has 0 fully saturated rings. The first-order valence-corrected chi connectivity index (χ1v) is 10.6. The van der Waals surface area contributed by atoms with Crippen molar-refractivity contribution in [3.8, 4) is 0 Å². The maximum Gasteiger partial charge on any atom is 0.285 e. The van der Waals surface area contributed by atoms with E-state index < -0.39 is 17.9 Å². The van der Waals surface area contributed by atoms with Gasteiger partial charge in [-0.25, -0.2) is 0 Å². The molecule has 0 saturated heterocycles. The molecule has 0 unspecified atom stereocenters. The minimum atomic E-state index is -0.517. The van der Waals surface area contributed by atoms with Crippen molar-refractivity contribution >= 4 is 11.8 Å². The van der Waals surface area contributed by atoms with Gasteiger partial charge < -0.3 is 9.47 Å². The van der Waals surface area contributed by atoms with Gasteiger partial charge in [-0.1, -0.05) is 72.8 Å². The fraction of sp³-hybridized carbons (Fsp3) is 0.231. The second kappa shape index (κ2) is 10.8. The van der Waals surface area contributed by atoms with Crippen LogP contribution >= 0.6 is 0 Å². The molecular formula is C26H25NO5. The van der Waals surface area contributed by atoms with E-state index in [4.69, 9.17) is 14.3 Å². The third-order valence-electron chi connectivity index (χ3n) is 5.12. The van der Waals surface area contributed by atoms with Crippen LogP contribution in [0.3, 0.4) is 0 Å². The largest absolute Gasteiger partial charge is 0.377 e. The summed E-state index contributed by atoms with van der Waals surface area (Å²) >= 11 is 0. The van der Waals surface area contributed by atoms with Crippen LogP contribution in [0.4, 0.5) is 0 Å². The minimum Gasteiger partial charge on any atom is -0.377 e. The summed E-state index contributed by atoms with van der Waals surface area (Å²) in [5.74, 6) is -0.910. The predicted molar refractivity (Wildman–Crippen MR) is 119 cm³/mol. The molecule has 1 atom stereocenters. The minimum absolute atomic E-state index is 0.219. The maximum atomic E-state index is 12.7. The molecule has 1 heterocycles. The van der Waals surface area contributed by atoms with Crippen LogP contribution in [0.1, 0.15) is 38.3 Å². The number of hydroxylamine groups is 2. The third kappa shape index (κ3) is 5.48. The fourth-order valence-corrected chi connectivity index (χ4v) is 3.44. The molecule has 1 aliphatic rings. The SMILES string of the molecule is O=C1c2ccccc2C(=O)N1O[C@@H](CCOCc1ccccc1)COCc1ccccc1. The van der Waals surface area contributed by atoms with Crippen LogP contribution in [0.2, 0.25) is 0 Å². The van der Waals surface area contributed by atoms with E-state index in [1.165, 1.54) is 0 Å². The number of fused-ring (bicyclic) bond motifs is 1. The van der Waals surface area contributed by atoms with Gasteiger partial charge in [0.25, 0.3) is 11.8 Å². The first kappa shape index (κ1) is 21.9. The first-order chi connectivity index (χ1) is 15.7. The molecule has 0 N–H and O–H groups in total. The zero-order valence-electron chi connectivity index (χ0n) is 17.7. The highest BCUT2D eigenvalue weighted by atomic mass is 16.7. The Labute approximate surface area is 187 Å². The van der Waals surface area contributed by atoms with Crippen LogP contribution in [0, 0.1) is 0 Å². The average molecular weight is 431 g/mol. The van der Waals surface area contributed by atoms with Crippen molar-refractivity contribution in [1.29, 1.82) is 0 Å². The van der Waals surface area contributed by atoms with E-state index in [0.29, 0.717) is 37.4 Å². The summed E-state index contributed by atoms with van der Waals surface area (Å²) in [5.41, 5.74) is 2.81. The smallest absolute Gasteiger partial charge is 0.285 e. The predicted octanol–water partition coefficient (Wildman–Crippen LogP) is 4.41. The van der Waals surface area contributed by atoms with E-state index >= 15 is 0 Å². The molecule has 0 spiro atoms. The number of hydrogen-bond donors (Lipinski definition) is 0. The monoisotopic (exact) mass is 431 g/mol. The number of imide groups is 1. The molecule has 3 aromatic carbocycles. The molecule has 0 bridgehead atoms. The number of ether oxygens (including phenoxy) is 2. The van der Waals surface area contributed by atoms with Gasteiger partial charge in [0, 0.05) is 13.0 Å². The lowest BCUT2D eigenvalue weighted by Gasteiger charge is -2.22. The number of benzene rings is 3. The molecule has 1 aliphatic heterocycles. The summed E-state index contributed by atoms with van der Waals surface area (Å²) < 4.78 is 11.6. The molecule has 0 aliphatic carbocycles. The van der Waals surface area contributed by atoms with Crippen LogP contribution < -0.4 is 0 Å². The Morgan fingerprint density at radius 1 is 0.656 bits per heavy atom. The lowest BCUT2D eigenvalue weighted by Crippen LogP contribution is -2.37. The van der Waals surface area contributed by atoms with Gasteiger partial charge in [-0.3, -0.25) is 14.4 Å². The Morgan fingerprint density at radius 2 is 1.16 bits per heavy atom. The lowest BCUT2D eigenvalue weighted by atomic mass is 10.1. The summed E-state index contributed by atoms with van der Waals surface area (Å²) in [4.78, 5) is 31.2. The lowest BCUT2D eigenvalue weighted by molar-refractivity contribution is -0.158. The van der Waals surface area contributed by atoms with Gasteiger partial charge in [0.05, 0.1) is 30.9 Å². The average Bonchev–Trinajstić information content (AvgIpc) is 3.08. The van der Waals surface area contributed by atoms with Gasteiger partial charge in [-0.05, 0) is 23.3 Å². The summed E-state index contributed by atoms with van der Waals surface area (Å²) in [6.07, 6.45) is -0.0497. The molecular weight excluding hydrogens is 406 g/mol. The van der Waals surface area contributed by atoms with Crippen LogP contribution in [0.15, 0.2) is 84.9 Å². The van der Waals surface area contributed by atoms with E-state index in [2.05, 4.69) is 0 Å². The van der Waals surface area contributed by atoms with Crippen molar-refractivity contribution in [2.45, 2.75) is 25.7 Å². The molecule has 4 rings (SSSR count). The van der Waals surface area contributed by atoms with Gasteiger partial charge in [0.2, 0.25) is 0 Å². The molecule has 6 nitrogen and oxygen atoms in total. The van der Waals surface area contributed by atoms with E-state index in [1.807, 2.05) is 60.7 Å². The maximum absolute atomic E-state index is 12.7. The van der Waals surface area contributed by atoms with E-state index in [9.17, 15) is 9.59 Å². The van der Waals surface area contributed by atoms with Crippen molar-refractivity contribution in [2.24, 2.45) is 0 Å². The summed E-state index contributed by atoms with van der Waals surface area (Å²) in [7, 11) is 0. The standard InChI is InChI=1S/C26H25NO5/c28-25-23-13-7-8-14-24(23)26(29)27(25)32-22(19-31-18-21-11-5-2-6-12-21)15-16-30-17-20-9-3-1-4-10-20/h1-14,22H,15-19H2/t22-/m0/s1. The topological polar surface area (TPSA) is 65.1 Å². The second-order valence-corrected chi connectivity index (χ2v) is 7.51. The van der Waals surface area contributed by atoms with E-state index in [0.717, 1.165) is 16.2 Å². The molecule has 2 amide bonds. The van der Waals surface area contributed by atoms with E-state index in [1.54, 1.807) is 24.3 Å². The van der Waals surface area contributed by atoms with Gasteiger partial charge in [-0.15, -0.1) is 5.06 Å². The van der Waals surface area contributed by atoms with E-state index in [-0.39, 0.29) is 6.61 Å². The Balaban J connectivity index is 1.35. The quantitative estimate of drug-likeness (QED) is 0.332. The number of hydrogen-bond acceptors (Lipinski definition) is 5. The van der Waals surface area contributed by atoms with Gasteiger partial charge in [0.15, 0.2) is 0 Å². The Hall–Kier alpha value is -3.32. The number of rotatable bonds is 11. The zero-order chi connectivity index (χ0) is 22.2. The Kier molecular flexibility index (Phi) is 7.40. The van der Waals surface area contributed by atoms with Crippen molar-refractivity contribution in [3.05, 3.63) is 107 Å². The Morgan fingerprint density at radius 3 is 1.72 bits per heavy atom. The number of carbonyl (C=O) groups is 2. The number of amides is 2. The Bertz CT molecular complexity index is 1000. The summed E-state index contributed by atoms with van der Waals surface area (Å²) in [6.45, 7) is 1.51. The molecule has 6 heteroatoms.